The molecule has 0 aliphatic carbocycles. The van der Waals surface area contributed by atoms with Gasteiger partial charge in [-0.3, -0.25) is 15.5 Å². The lowest BCUT2D eigenvalue weighted by Gasteiger charge is -2.01. The Hall–Kier alpha value is -3.15. The molecule has 2 N–H and O–H groups in total. The Morgan fingerprint density at radius 3 is 2.73 bits per heavy atom. The number of anilines is 1. The molecule has 0 aliphatic heterocycles. The number of hydrazone groups is 1. The van der Waals surface area contributed by atoms with Crippen LogP contribution in [0.25, 0.3) is 10.9 Å². The van der Waals surface area contributed by atoms with Gasteiger partial charge in [-0.2, -0.15) is 5.10 Å². The third-order valence-electron chi connectivity index (χ3n) is 3.42. The highest BCUT2D eigenvalue weighted by Gasteiger charge is 2.11. The zero-order valence-electron chi connectivity index (χ0n) is 11.9. The largest absolute Gasteiger partial charge is 0.358 e. The lowest BCUT2D eigenvalue weighted by atomic mass is 10.1. The standard InChI is InChI=1S/C16H14N4O2/c1-11-13(12-6-2-3-7-14(12)18-11)10-17-19-15-8-4-5-9-16(15)20(21)22/h2-10,18-19H,1H3/b17-10+. The highest BCUT2D eigenvalue weighted by molar-refractivity contribution is 6.00. The van der Waals surface area contributed by atoms with Crippen LogP contribution in [0.2, 0.25) is 0 Å². The van der Waals surface area contributed by atoms with Gasteiger partial charge in [-0.05, 0) is 19.1 Å². The molecule has 6 nitrogen and oxygen atoms in total. The quantitative estimate of drug-likeness (QED) is 0.436. The summed E-state index contributed by atoms with van der Waals surface area (Å²) in [6.45, 7) is 1.96. The Morgan fingerprint density at radius 1 is 1.18 bits per heavy atom. The molecule has 22 heavy (non-hydrogen) atoms. The number of hydrogen-bond donors (Lipinski definition) is 2. The summed E-state index contributed by atoms with van der Waals surface area (Å²) < 4.78 is 0. The Labute approximate surface area is 126 Å². The second-order valence-corrected chi connectivity index (χ2v) is 4.85. The highest BCUT2D eigenvalue weighted by Crippen LogP contribution is 2.23. The lowest BCUT2D eigenvalue weighted by molar-refractivity contribution is -0.384. The number of rotatable bonds is 4. The SMILES string of the molecule is Cc1[nH]c2ccccc2c1/C=N/Nc1ccccc1[N+](=O)[O-]. The zero-order chi connectivity index (χ0) is 15.5. The van der Waals surface area contributed by atoms with Crippen LogP contribution in [0.15, 0.2) is 53.6 Å². The van der Waals surface area contributed by atoms with Crippen molar-refractivity contribution in [2.75, 3.05) is 5.43 Å². The van der Waals surface area contributed by atoms with Gasteiger partial charge in [0.1, 0.15) is 5.69 Å². The summed E-state index contributed by atoms with van der Waals surface area (Å²) in [6, 6.07) is 14.3. The number of para-hydroxylation sites is 3. The maximum atomic E-state index is 11.0. The minimum absolute atomic E-state index is 0.00435. The van der Waals surface area contributed by atoms with Gasteiger partial charge in [0.2, 0.25) is 0 Å². The molecular formula is C16H14N4O2. The van der Waals surface area contributed by atoms with E-state index in [4.69, 9.17) is 0 Å². The number of fused-ring (bicyclic) bond motifs is 1. The molecular weight excluding hydrogens is 280 g/mol. The summed E-state index contributed by atoms with van der Waals surface area (Å²) in [4.78, 5) is 13.8. The molecule has 0 amide bonds. The van der Waals surface area contributed by atoms with Gasteiger partial charge in [-0.15, -0.1) is 0 Å². The first kappa shape index (κ1) is 13.8. The average Bonchev–Trinajstić information content (AvgIpc) is 2.83. The maximum absolute atomic E-state index is 11.0. The number of aromatic nitrogens is 1. The van der Waals surface area contributed by atoms with Crippen LogP contribution >= 0.6 is 0 Å². The molecule has 2 aromatic carbocycles. The van der Waals surface area contributed by atoms with E-state index in [-0.39, 0.29) is 5.69 Å². The number of nitro groups is 1. The van der Waals surface area contributed by atoms with E-state index in [0.29, 0.717) is 5.69 Å². The molecule has 1 heterocycles. The third-order valence-corrected chi connectivity index (χ3v) is 3.42. The first-order valence-electron chi connectivity index (χ1n) is 6.76. The second-order valence-electron chi connectivity index (χ2n) is 4.85. The van der Waals surface area contributed by atoms with E-state index in [2.05, 4.69) is 15.5 Å². The number of hydrogen-bond acceptors (Lipinski definition) is 4. The molecule has 0 spiro atoms. The van der Waals surface area contributed by atoms with Crippen molar-refractivity contribution in [1.29, 1.82) is 0 Å². The molecule has 110 valence electrons. The van der Waals surface area contributed by atoms with E-state index in [1.165, 1.54) is 6.07 Å². The number of H-pyrrole nitrogens is 1. The summed E-state index contributed by atoms with van der Waals surface area (Å²) in [6.07, 6.45) is 1.67. The molecule has 3 rings (SSSR count). The number of aryl methyl sites for hydroxylation is 1. The summed E-state index contributed by atoms with van der Waals surface area (Å²) in [5.41, 5.74) is 6.09. The van der Waals surface area contributed by atoms with Gasteiger partial charge in [-0.25, -0.2) is 0 Å². The minimum atomic E-state index is -0.436. The first-order valence-corrected chi connectivity index (χ1v) is 6.76. The van der Waals surface area contributed by atoms with Gasteiger partial charge in [0.05, 0.1) is 11.1 Å². The van der Waals surface area contributed by atoms with Crippen molar-refractivity contribution in [3.05, 3.63) is 69.9 Å². The maximum Gasteiger partial charge on any atom is 0.294 e. The molecule has 0 fully saturated rings. The molecule has 0 atom stereocenters. The molecule has 0 saturated heterocycles. The van der Waals surface area contributed by atoms with E-state index in [1.807, 2.05) is 31.2 Å². The van der Waals surface area contributed by atoms with Crippen molar-refractivity contribution in [3.63, 3.8) is 0 Å². The number of nitrogens with one attached hydrogen (secondary N) is 2. The van der Waals surface area contributed by atoms with Gasteiger partial charge in [-0.1, -0.05) is 30.3 Å². The molecule has 0 saturated carbocycles. The van der Waals surface area contributed by atoms with Gasteiger partial charge in [0, 0.05) is 28.2 Å². The number of nitro benzene ring substituents is 1. The fourth-order valence-corrected chi connectivity index (χ4v) is 2.36. The predicted molar refractivity (Wildman–Crippen MR) is 87.3 cm³/mol. The molecule has 0 radical (unpaired) electrons. The Kier molecular flexibility index (Phi) is 3.57. The van der Waals surface area contributed by atoms with E-state index < -0.39 is 4.92 Å². The molecule has 0 aliphatic rings. The van der Waals surface area contributed by atoms with Crippen LogP contribution in [-0.2, 0) is 0 Å². The van der Waals surface area contributed by atoms with Gasteiger partial charge in [0.25, 0.3) is 5.69 Å². The Bertz CT molecular complexity index is 867. The molecule has 6 heteroatoms. The van der Waals surface area contributed by atoms with Crippen LogP contribution in [0.3, 0.4) is 0 Å². The van der Waals surface area contributed by atoms with Crippen molar-refractivity contribution < 1.29 is 4.92 Å². The van der Waals surface area contributed by atoms with E-state index in [1.54, 1.807) is 24.4 Å². The average molecular weight is 294 g/mol. The Morgan fingerprint density at radius 2 is 1.91 bits per heavy atom. The lowest BCUT2D eigenvalue weighted by Crippen LogP contribution is -1.96. The smallest absolute Gasteiger partial charge is 0.294 e. The van der Waals surface area contributed by atoms with Crippen LogP contribution in [0.4, 0.5) is 11.4 Å². The first-order chi connectivity index (χ1) is 10.7. The fourth-order valence-electron chi connectivity index (χ4n) is 2.36. The van der Waals surface area contributed by atoms with Gasteiger partial charge < -0.3 is 4.98 Å². The monoisotopic (exact) mass is 294 g/mol. The normalized spacial score (nSPS) is 11.1. The van der Waals surface area contributed by atoms with Crippen LogP contribution < -0.4 is 5.43 Å². The third kappa shape index (κ3) is 2.54. The van der Waals surface area contributed by atoms with Crippen LogP contribution in [-0.4, -0.2) is 16.1 Å². The molecule has 0 unspecified atom stereocenters. The number of benzene rings is 2. The molecule has 1 aromatic heterocycles. The van der Waals surface area contributed by atoms with Crippen molar-refractivity contribution >= 4 is 28.5 Å². The topological polar surface area (TPSA) is 83.3 Å². The second kappa shape index (κ2) is 5.69. The summed E-state index contributed by atoms with van der Waals surface area (Å²) in [7, 11) is 0. The summed E-state index contributed by atoms with van der Waals surface area (Å²) >= 11 is 0. The minimum Gasteiger partial charge on any atom is -0.358 e. The van der Waals surface area contributed by atoms with Crippen molar-refractivity contribution in [2.24, 2.45) is 5.10 Å². The highest BCUT2D eigenvalue weighted by atomic mass is 16.6. The van der Waals surface area contributed by atoms with Crippen LogP contribution in [0.1, 0.15) is 11.3 Å². The fraction of sp³-hybridized carbons (Fsp3) is 0.0625. The van der Waals surface area contributed by atoms with Crippen LogP contribution in [0.5, 0.6) is 0 Å². The molecule has 3 aromatic rings. The summed E-state index contributed by atoms with van der Waals surface area (Å²) in [5.74, 6) is 0. The van der Waals surface area contributed by atoms with E-state index in [9.17, 15) is 10.1 Å². The van der Waals surface area contributed by atoms with Crippen molar-refractivity contribution in [1.82, 2.24) is 4.98 Å². The number of nitrogens with zero attached hydrogens (tertiary/aromatic N) is 2. The predicted octanol–water partition coefficient (Wildman–Crippen LogP) is 3.83. The van der Waals surface area contributed by atoms with Crippen molar-refractivity contribution in [3.8, 4) is 0 Å². The van der Waals surface area contributed by atoms with E-state index in [0.717, 1.165) is 22.2 Å². The Balaban J connectivity index is 1.89. The zero-order valence-corrected chi connectivity index (χ0v) is 11.9. The van der Waals surface area contributed by atoms with Gasteiger partial charge in [0.15, 0.2) is 0 Å². The van der Waals surface area contributed by atoms with Crippen molar-refractivity contribution in [2.45, 2.75) is 6.92 Å². The summed E-state index contributed by atoms with van der Waals surface area (Å²) in [5, 5.41) is 16.2. The van der Waals surface area contributed by atoms with Crippen LogP contribution in [0, 0.1) is 17.0 Å². The molecule has 0 bridgehead atoms. The number of aromatic amines is 1. The van der Waals surface area contributed by atoms with E-state index >= 15 is 0 Å². The van der Waals surface area contributed by atoms with Gasteiger partial charge >= 0.3 is 0 Å².